The predicted molar refractivity (Wildman–Crippen MR) is 47.0 cm³/mol. The summed E-state index contributed by atoms with van der Waals surface area (Å²) in [5.41, 5.74) is -1.28. The molecule has 1 aromatic carbocycles. The number of halogens is 2. The molecule has 0 aliphatic rings. The monoisotopic (exact) mass is 202 g/mol. The van der Waals surface area contributed by atoms with Crippen LogP contribution in [-0.2, 0) is 16.1 Å². The Morgan fingerprint density at radius 2 is 2.08 bits per heavy atom. The van der Waals surface area contributed by atoms with Crippen LogP contribution in [0.3, 0.4) is 0 Å². The van der Waals surface area contributed by atoms with Gasteiger partial charge >= 0.3 is 5.97 Å². The average Bonchev–Trinajstić information content (AvgIpc) is 2.15. The maximum absolute atomic E-state index is 12.1. The summed E-state index contributed by atoms with van der Waals surface area (Å²) in [7, 11) is 0. The summed E-state index contributed by atoms with van der Waals surface area (Å²) < 4.78 is 16.6. The minimum absolute atomic E-state index is 0.0484. The SMILES string of the molecule is O=C(OCc1ccccc1)[C@@H](F)Cl. The van der Waals surface area contributed by atoms with Gasteiger partial charge in [0.2, 0.25) is 0 Å². The van der Waals surface area contributed by atoms with Crippen LogP contribution >= 0.6 is 11.6 Å². The van der Waals surface area contributed by atoms with Crippen molar-refractivity contribution in [2.45, 2.75) is 12.2 Å². The summed E-state index contributed by atoms with van der Waals surface area (Å²) in [5.74, 6) is -1.05. The number of alkyl halides is 2. The number of carbonyl (C=O) groups is 1. The van der Waals surface area contributed by atoms with Gasteiger partial charge in [0.25, 0.3) is 5.63 Å². The van der Waals surface area contributed by atoms with Gasteiger partial charge in [-0.1, -0.05) is 41.9 Å². The number of hydrogen-bond acceptors (Lipinski definition) is 2. The molecule has 1 rings (SSSR count). The van der Waals surface area contributed by atoms with Gasteiger partial charge in [-0.3, -0.25) is 0 Å². The van der Waals surface area contributed by atoms with Gasteiger partial charge < -0.3 is 4.74 Å². The first-order valence-electron chi connectivity index (χ1n) is 3.69. The van der Waals surface area contributed by atoms with Crippen LogP contribution in [0.2, 0.25) is 0 Å². The Hall–Kier alpha value is -1.09. The summed E-state index contributed by atoms with van der Waals surface area (Å²) in [4.78, 5) is 10.6. The number of carbonyl (C=O) groups excluding carboxylic acids is 1. The van der Waals surface area contributed by atoms with E-state index in [0.29, 0.717) is 0 Å². The normalized spacial score (nSPS) is 12.2. The molecule has 0 spiro atoms. The molecular weight excluding hydrogens is 195 g/mol. The lowest BCUT2D eigenvalue weighted by molar-refractivity contribution is -0.147. The molecule has 70 valence electrons. The molecule has 0 aliphatic carbocycles. The van der Waals surface area contributed by atoms with Crippen LogP contribution in [0, 0.1) is 0 Å². The lowest BCUT2D eigenvalue weighted by Gasteiger charge is -2.03. The largest absolute Gasteiger partial charge is 0.458 e. The van der Waals surface area contributed by atoms with Crippen molar-refractivity contribution in [2.24, 2.45) is 0 Å². The highest BCUT2D eigenvalue weighted by Gasteiger charge is 2.14. The lowest BCUT2D eigenvalue weighted by Crippen LogP contribution is -2.12. The molecule has 0 amide bonds. The summed E-state index contributed by atoms with van der Waals surface area (Å²) in [6, 6.07) is 8.99. The van der Waals surface area contributed by atoms with Gasteiger partial charge in [-0.25, -0.2) is 9.18 Å². The summed E-state index contributed by atoms with van der Waals surface area (Å²) in [5, 5.41) is 0. The van der Waals surface area contributed by atoms with Crippen molar-refractivity contribution >= 4 is 17.6 Å². The Balaban J connectivity index is 2.40. The van der Waals surface area contributed by atoms with Crippen molar-refractivity contribution in [1.29, 1.82) is 0 Å². The molecule has 0 unspecified atom stereocenters. The number of rotatable bonds is 3. The molecule has 0 aliphatic heterocycles. The number of ether oxygens (including phenoxy) is 1. The molecule has 0 bridgehead atoms. The van der Waals surface area contributed by atoms with Crippen molar-refractivity contribution < 1.29 is 13.9 Å². The van der Waals surface area contributed by atoms with Crippen molar-refractivity contribution in [3.8, 4) is 0 Å². The Morgan fingerprint density at radius 3 is 2.62 bits per heavy atom. The number of esters is 1. The van der Waals surface area contributed by atoms with E-state index in [0.717, 1.165) is 5.56 Å². The van der Waals surface area contributed by atoms with Gasteiger partial charge in [-0.05, 0) is 5.56 Å². The minimum atomic E-state index is -2.08. The van der Waals surface area contributed by atoms with Crippen LogP contribution < -0.4 is 0 Å². The lowest BCUT2D eigenvalue weighted by atomic mass is 10.2. The maximum atomic E-state index is 12.1. The summed E-state index contributed by atoms with van der Waals surface area (Å²) in [6.07, 6.45) is 0. The van der Waals surface area contributed by atoms with Crippen molar-refractivity contribution in [3.63, 3.8) is 0 Å². The van der Waals surface area contributed by atoms with Crippen LogP contribution in [0.25, 0.3) is 0 Å². The number of benzene rings is 1. The Labute approximate surface area is 80.3 Å². The van der Waals surface area contributed by atoms with E-state index in [9.17, 15) is 9.18 Å². The fourth-order valence-electron chi connectivity index (χ4n) is 0.792. The smallest absolute Gasteiger partial charge is 0.356 e. The average molecular weight is 203 g/mol. The maximum Gasteiger partial charge on any atom is 0.356 e. The van der Waals surface area contributed by atoms with E-state index < -0.39 is 11.6 Å². The molecule has 1 aromatic rings. The highest BCUT2D eigenvalue weighted by Crippen LogP contribution is 2.04. The van der Waals surface area contributed by atoms with Crippen LogP contribution in [-0.4, -0.2) is 11.6 Å². The Kier molecular flexibility index (Phi) is 3.71. The first-order chi connectivity index (χ1) is 6.20. The Bertz CT molecular complexity index is 274. The van der Waals surface area contributed by atoms with Gasteiger partial charge in [0.05, 0.1) is 0 Å². The second-order valence-electron chi connectivity index (χ2n) is 2.39. The molecule has 0 N–H and O–H groups in total. The quantitative estimate of drug-likeness (QED) is 0.555. The van der Waals surface area contributed by atoms with E-state index in [1.165, 1.54) is 0 Å². The molecule has 2 nitrogen and oxygen atoms in total. The highest BCUT2D eigenvalue weighted by molar-refractivity contribution is 6.28. The van der Waals surface area contributed by atoms with E-state index in [-0.39, 0.29) is 6.61 Å². The molecule has 0 saturated heterocycles. The molecular formula is C9H8ClFO2. The summed E-state index contributed by atoms with van der Waals surface area (Å²) in [6.45, 7) is 0.0484. The summed E-state index contributed by atoms with van der Waals surface area (Å²) >= 11 is 4.85. The van der Waals surface area contributed by atoms with Gasteiger partial charge in [0, 0.05) is 0 Å². The van der Waals surface area contributed by atoms with E-state index in [1.54, 1.807) is 24.3 Å². The zero-order valence-electron chi connectivity index (χ0n) is 6.74. The standard InChI is InChI=1S/C9H8ClFO2/c10-8(11)9(12)13-6-7-4-2-1-3-5-7/h1-5,8H,6H2/t8-/m1/s1. The zero-order valence-corrected chi connectivity index (χ0v) is 7.50. The fourth-order valence-corrected chi connectivity index (χ4v) is 0.855. The molecule has 0 radical (unpaired) electrons. The van der Waals surface area contributed by atoms with Crippen LogP contribution in [0.15, 0.2) is 30.3 Å². The minimum Gasteiger partial charge on any atom is -0.458 e. The highest BCUT2D eigenvalue weighted by atomic mass is 35.5. The third-order valence-electron chi connectivity index (χ3n) is 1.40. The zero-order chi connectivity index (χ0) is 9.68. The third-order valence-corrected chi connectivity index (χ3v) is 1.58. The van der Waals surface area contributed by atoms with E-state index >= 15 is 0 Å². The molecule has 0 fully saturated rings. The van der Waals surface area contributed by atoms with Crippen LogP contribution in [0.4, 0.5) is 4.39 Å². The molecule has 0 aromatic heterocycles. The third kappa shape index (κ3) is 3.42. The Morgan fingerprint density at radius 1 is 1.46 bits per heavy atom. The topological polar surface area (TPSA) is 26.3 Å². The van der Waals surface area contributed by atoms with E-state index in [2.05, 4.69) is 4.74 Å². The van der Waals surface area contributed by atoms with Crippen molar-refractivity contribution in [1.82, 2.24) is 0 Å². The van der Waals surface area contributed by atoms with Gasteiger partial charge in [-0.2, -0.15) is 0 Å². The van der Waals surface area contributed by atoms with Gasteiger partial charge in [-0.15, -0.1) is 0 Å². The molecule has 0 heterocycles. The van der Waals surface area contributed by atoms with Crippen molar-refractivity contribution in [3.05, 3.63) is 35.9 Å². The second-order valence-corrected chi connectivity index (χ2v) is 2.78. The molecule has 4 heteroatoms. The van der Waals surface area contributed by atoms with Crippen molar-refractivity contribution in [2.75, 3.05) is 0 Å². The predicted octanol–water partition coefficient (Wildman–Crippen LogP) is 2.26. The van der Waals surface area contributed by atoms with E-state index in [4.69, 9.17) is 11.6 Å². The fraction of sp³-hybridized carbons (Fsp3) is 0.222. The second kappa shape index (κ2) is 4.82. The molecule has 0 saturated carbocycles. The molecule has 13 heavy (non-hydrogen) atoms. The van der Waals surface area contributed by atoms with Gasteiger partial charge in [0.15, 0.2) is 0 Å². The molecule has 1 atom stereocenters. The first kappa shape index (κ1) is 9.99. The number of hydrogen-bond donors (Lipinski definition) is 0. The van der Waals surface area contributed by atoms with Gasteiger partial charge in [0.1, 0.15) is 6.61 Å². The van der Waals surface area contributed by atoms with E-state index in [1.807, 2.05) is 6.07 Å². The van der Waals surface area contributed by atoms with Crippen LogP contribution in [0.1, 0.15) is 5.56 Å². The van der Waals surface area contributed by atoms with Crippen LogP contribution in [0.5, 0.6) is 0 Å². The first-order valence-corrected chi connectivity index (χ1v) is 4.12.